The minimum Gasteiger partial charge on any atom is -0.323 e. The lowest BCUT2D eigenvalue weighted by Crippen LogP contribution is -2.16. The molecule has 0 bridgehead atoms. The quantitative estimate of drug-likeness (QED) is 0.621. The van der Waals surface area contributed by atoms with Crippen LogP contribution in [0.25, 0.3) is 10.9 Å². The van der Waals surface area contributed by atoms with Crippen molar-refractivity contribution in [2.24, 2.45) is 5.84 Å². The number of hydrogen-bond donors (Lipinski definition) is 2. The van der Waals surface area contributed by atoms with Crippen molar-refractivity contribution in [3.05, 3.63) is 33.9 Å². The molecule has 2 aromatic rings. The van der Waals surface area contributed by atoms with Crippen molar-refractivity contribution in [1.29, 1.82) is 0 Å². The third kappa shape index (κ3) is 2.22. The predicted octanol–water partition coefficient (Wildman–Crippen LogP) is 3.89. The van der Waals surface area contributed by atoms with Crippen LogP contribution >= 0.6 is 15.9 Å². The fourth-order valence-electron chi connectivity index (χ4n) is 1.86. The van der Waals surface area contributed by atoms with Crippen molar-refractivity contribution in [2.45, 2.75) is 33.1 Å². The number of nitrogens with two attached hydrogens (primary N) is 1. The van der Waals surface area contributed by atoms with E-state index < -0.39 is 0 Å². The summed E-state index contributed by atoms with van der Waals surface area (Å²) in [7, 11) is 0. The third-order valence-corrected chi connectivity index (χ3v) is 4.04. The van der Waals surface area contributed by atoms with Gasteiger partial charge in [-0.2, -0.15) is 0 Å². The van der Waals surface area contributed by atoms with Gasteiger partial charge in [-0.25, -0.2) is 0 Å². The molecule has 0 aliphatic rings. The van der Waals surface area contributed by atoms with Gasteiger partial charge in [-0.15, -0.1) is 0 Å². The first-order valence-electron chi connectivity index (χ1n) is 5.91. The number of benzene rings is 1. The van der Waals surface area contributed by atoms with E-state index in [1.54, 1.807) is 0 Å². The predicted molar refractivity (Wildman–Crippen MR) is 80.7 cm³/mol. The molecule has 0 amide bonds. The number of nitrogens with zero attached hydrogens (tertiary/aromatic N) is 1. The van der Waals surface area contributed by atoms with E-state index in [-0.39, 0.29) is 5.41 Å². The summed E-state index contributed by atoms with van der Waals surface area (Å²) in [6.45, 7) is 8.49. The second-order valence-corrected chi connectivity index (χ2v) is 6.34. The van der Waals surface area contributed by atoms with Crippen molar-refractivity contribution < 1.29 is 0 Å². The van der Waals surface area contributed by atoms with Gasteiger partial charge in [-0.1, -0.05) is 32.9 Å². The van der Waals surface area contributed by atoms with Crippen LogP contribution in [-0.4, -0.2) is 4.98 Å². The van der Waals surface area contributed by atoms with Crippen LogP contribution in [0.15, 0.2) is 22.7 Å². The standard InChI is InChI=1S/C14H18BrN3/c1-8-5-6-9-10(18-16)7-11(14(2,3)4)17-13(9)12(8)15/h5-7H,16H2,1-4H3,(H,17,18). The minimum atomic E-state index is -0.0109. The molecule has 1 heterocycles. The number of nitrogens with one attached hydrogen (secondary N) is 1. The molecule has 0 radical (unpaired) electrons. The number of hydrogen-bond acceptors (Lipinski definition) is 3. The Hall–Kier alpha value is -1.13. The molecule has 0 saturated heterocycles. The summed E-state index contributed by atoms with van der Waals surface area (Å²) in [5.74, 6) is 5.62. The maximum absolute atomic E-state index is 5.62. The third-order valence-electron chi connectivity index (χ3n) is 3.04. The molecule has 0 aliphatic carbocycles. The molecule has 4 heteroatoms. The van der Waals surface area contributed by atoms with Crippen molar-refractivity contribution in [3.8, 4) is 0 Å². The highest BCUT2D eigenvalue weighted by atomic mass is 79.9. The Bertz CT molecular complexity index is 600. The lowest BCUT2D eigenvalue weighted by Gasteiger charge is -2.20. The van der Waals surface area contributed by atoms with Crippen molar-refractivity contribution >= 4 is 32.5 Å². The van der Waals surface area contributed by atoms with E-state index in [4.69, 9.17) is 10.8 Å². The van der Waals surface area contributed by atoms with Gasteiger partial charge >= 0.3 is 0 Å². The van der Waals surface area contributed by atoms with E-state index in [1.165, 1.54) is 5.56 Å². The van der Waals surface area contributed by atoms with Gasteiger partial charge in [-0.05, 0) is 34.5 Å². The average molecular weight is 308 g/mol. The zero-order chi connectivity index (χ0) is 13.5. The molecule has 0 saturated carbocycles. The number of rotatable bonds is 1. The van der Waals surface area contributed by atoms with Crippen LogP contribution in [0, 0.1) is 6.92 Å². The Balaban J connectivity index is 2.85. The van der Waals surface area contributed by atoms with Crippen LogP contribution in [0.2, 0.25) is 0 Å². The zero-order valence-electron chi connectivity index (χ0n) is 11.1. The summed E-state index contributed by atoms with van der Waals surface area (Å²) >= 11 is 3.61. The SMILES string of the molecule is Cc1ccc2c(NN)cc(C(C)(C)C)nc2c1Br. The van der Waals surface area contributed by atoms with E-state index in [1.807, 2.05) is 12.1 Å². The number of nitrogen functional groups attached to an aromatic ring is 1. The number of aryl methyl sites for hydroxylation is 1. The molecule has 0 fully saturated rings. The Morgan fingerprint density at radius 2 is 1.94 bits per heavy atom. The highest BCUT2D eigenvalue weighted by molar-refractivity contribution is 9.10. The Morgan fingerprint density at radius 1 is 1.28 bits per heavy atom. The molecule has 2 rings (SSSR count). The molecule has 3 N–H and O–H groups in total. The number of halogens is 1. The Labute approximate surface area is 116 Å². The lowest BCUT2D eigenvalue weighted by atomic mass is 9.90. The van der Waals surface area contributed by atoms with Crippen LogP contribution < -0.4 is 11.3 Å². The van der Waals surface area contributed by atoms with Crippen molar-refractivity contribution in [3.63, 3.8) is 0 Å². The highest BCUT2D eigenvalue weighted by Crippen LogP contribution is 2.33. The lowest BCUT2D eigenvalue weighted by molar-refractivity contribution is 0.571. The monoisotopic (exact) mass is 307 g/mol. The van der Waals surface area contributed by atoms with Crippen molar-refractivity contribution in [1.82, 2.24) is 4.98 Å². The second kappa shape index (κ2) is 4.52. The van der Waals surface area contributed by atoms with E-state index >= 15 is 0 Å². The summed E-state index contributed by atoms with van der Waals surface area (Å²) in [5.41, 5.74) is 6.81. The van der Waals surface area contributed by atoms with E-state index in [0.717, 1.165) is 26.8 Å². The fraction of sp³-hybridized carbons (Fsp3) is 0.357. The van der Waals surface area contributed by atoms with E-state index in [2.05, 4.69) is 55.1 Å². The normalized spacial score (nSPS) is 11.9. The van der Waals surface area contributed by atoms with Gasteiger partial charge in [0, 0.05) is 21.0 Å². The summed E-state index contributed by atoms with van der Waals surface area (Å²) < 4.78 is 1.03. The number of pyridine rings is 1. The largest absolute Gasteiger partial charge is 0.323 e. The molecule has 18 heavy (non-hydrogen) atoms. The summed E-state index contributed by atoms with van der Waals surface area (Å²) in [5, 5.41) is 1.03. The van der Waals surface area contributed by atoms with Gasteiger partial charge < -0.3 is 5.43 Å². The molecule has 1 aromatic carbocycles. The summed E-state index contributed by atoms with van der Waals surface area (Å²) in [4.78, 5) is 4.77. The van der Waals surface area contributed by atoms with Gasteiger partial charge in [0.1, 0.15) is 0 Å². The number of fused-ring (bicyclic) bond motifs is 1. The van der Waals surface area contributed by atoms with Gasteiger partial charge in [0.05, 0.1) is 11.2 Å². The second-order valence-electron chi connectivity index (χ2n) is 5.54. The van der Waals surface area contributed by atoms with Crippen LogP contribution in [0.4, 0.5) is 5.69 Å². The van der Waals surface area contributed by atoms with Crippen LogP contribution in [0.5, 0.6) is 0 Å². The molecule has 96 valence electrons. The molecule has 0 aliphatic heterocycles. The average Bonchev–Trinajstić information content (AvgIpc) is 2.31. The minimum absolute atomic E-state index is 0.0109. The smallest absolute Gasteiger partial charge is 0.0871 e. The Kier molecular flexibility index (Phi) is 3.34. The van der Waals surface area contributed by atoms with Gasteiger partial charge in [0.2, 0.25) is 0 Å². The number of anilines is 1. The maximum Gasteiger partial charge on any atom is 0.0871 e. The topological polar surface area (TPSA) is 50.9 Å². The van der Waals surface area contributed by atoms with Gasteiger partial charge in [0.15, 0.2) is 0 Å². The summed E-state index contributed by atoms with van der Waals surface area (Å²) in [6.07, 6.45) is 0. The first kappa shape index (κ1) is 13.3. The fourth-order valence-corrected chi connectivity index (χ4v) is 2.30. The van der Waals surface area contributed by atoms with Gasteiger partial charge in [0.25, 0.3) is 0 Å². The molecule has 0 spiro atoms. The van der Waals surface area contributed by atoms with Gasteiger partial charge in [-0.3, -0.25) is 10.8 Å². The zero-order valence-corrected chi connectivity index (χ0v) is 12.7. The molecule has 3 nitrogen and oxygen atoms in total. The molecule has 0 unspecified atom stereocenters. The van der Waals surface area contributed by atoms with Crippen molar-refractivity contribution in [2.75, 3.05) is 5.43 Å². The number of hydrazine groups is 1. The first-order valence-corrected chi connectivity index (χ1v) is 6.71. The Morgan fingerprint density at radius 3 is 2.50 bits per heavy atom. The first-order chi connectivity index (χ1) is 8.34. The summed E-state index contributed by atoms with van der Waals surface area (Å²) in [6, 6.07) is 6.12. The number of aromatic nitrogens is 1. The van der Waals surface area contributed by atoms with E-state index in [0.29, 0.717) is 0 Å². The van der Waals surface area contributed by atoms with Crippen LogP contribution in [0.1, 0.15) is 32.0 Å². The molecule has 1 aromatic heterocycles. The molecule has 0 atom stereocenters. The van der Waals surface area contributed by atoms with Crippen LogP contribution in [0.3, 0.4) is 0 Å². The van der Waals surface area contributed by atoms with E-state index in [9.17, 15) is 0 Å². The molecular weight excluding hydrogens is 290 g/mol. The maximum atomic E-state index is 5.62. The van der Waals surface area contributed by atoms with Crippen LogP contribution in [-0.2, 0) is 5.41 Å². The molecular formula is C14H18BrN3. The highest BCUT2D eigenvalue weighted by Gasteiger charge is 2.18.